The third-order valence-electron chi connectivity index (χ3n) is 3.75. The molecule has 23 heavy (non-hydrogen) atoms. The molecule has 1 aromatic carbocycles. The van der Waals surface area contributed by atoms with Crippen molar-refractivity contribution in [2.45, 2.75) is 33.0 Å². The minimum Gasteiger partial charge on any atom is -0.314 e. The van der Waals surface area contributed by atoms with Crippen molar-refractivity contribution in [1.29, 1.82) is 0 Å². The van der Waals surface area contributed by atoms with Crippen LogP contribution in [0.3, 0.4) is 0 Å². The molecule has 0 aliphatic rings. The van der Waals surface area contributed by atoms with E-state index in [0.717, 1.165) is 24.6 Å². The van der Waals surface area contributed by atoms with Gasteiger partial charge in [-0.25, -0.2) is 4.68 Å². The molecule has 2 aromatic heterocycles. The summed E-state index contributed by atoms with van der Waals surface area (Å²) >= 11 is 0. The second-order valence-corrected chi connectivity index (χ2v) is 6.04. The lowest BCUT2D eigenvalue weighted by molar-refractivity contribution is 0.302. The Labute approximate surface area is 136 Å². The van der Waals surface area contributed by atoms with Crippen LogP contribution in [0.15, 0.2) is 49.1 Å². The van der Waals surface area contributed by atoms with Gasteiger partial charge in [0.1, 0.15) is 12.2 Å². The molecule has 3 aromatic rings. The highest BCUT2D eigenvalue weighted by molar-refractivity contribution is 5.34. The summed E-state index contributed by atoms with van der Waals surface area (Å²) < 4.78 is 3.98. The Morgan fingerprint density at radius 3 is 2.78 bits per heavy atom. The molecule has 6 heteroatoms. The van der Waals surface area contributed by atoms with Crippen molar-refractivity contribution in [3.05, 3.63) is 60.4 Å². The normalized spacial score (nSPS) is 11.5. The van der Waals surface area contributed by atoms with Gasteiger partial charge in [0.05, 0.1) is 12.2 Å². The van der Waals surface area contributed by atoms with Crippen LogP contribution >= 0.6 is 0 Å². The molecule has 120 valence electrons. The minimum absolute atomic E-state index is 0.372. The Balaban J connectivity index is 1.69. The molecule has 0 atom stereocenters. The summed E-state index contributed by atoms with van der Waals surface area (Å²) in [4.78, 5) is 2.24. The van der Waals surface area contributed by atoms with Gasteiger partial charge >= 0.3 is 0 Å². The molecule has 0 saturated carbocycles. The van der Waals surface area contributed by atoms with Gasteiger partial charge in [-0.2, -0.15) is 5.10 Å². The van der Waals surface area contributed by atoms with Gasteiger partial charge in [0, 0.05) is 25.0 Å². The fourth-order valence-electron chi connectivity index (χ4n) is 2.64. The first-order valence-corrected chi connectivity index (χ1v) is 7.79. The number of nitrogens with zero attached hydrogens (tertiary/aromatic N) is 6. The largest absolute Gasteiger partial charge is 0.314 e. The monoisotopic (exact) mass is 310 g/mol. The molecular weight excluding hydrogens is 288 g/mol. The number of benzene rings is 1. The second kappa shape index (κ2) is 6.75. The average molecular weight is 310 g/mol. The van der Waals surface area contributed by atoms with Gasteiger partial charge in [-0.15, -0.1) is 10.2 Å². The molecule has 0 unspecified atom stereocenters. The molecule has 0 radical (unpaired) electrons. The summed E-state index contributed by atoms with van der Waals surface area (Å²) in [5, 5.41) is 12.5. The molecule has 0 fully saturated rings. The molecule has 0 spiro atoms. The molecule has 6 nitrogen and oxygen atoms in total. The zero-order valence-electron chi connectivity index (χ0n) is 13.8. The molecule has 0 N–H and O–H groups in total. The van der Waals surface area contributed by atoms with E-state index in [2.05, 4.69) is 69.9 Å². The lowest BCUT2D eigenvalue weighted by Crippen LogP contribution is -2.20. The zero-order chi connectivity index (χ0) is 16.2. The van der Waals surface area contributed by atoms with Gasteiger partial charge in [0.2, 0.25) is 0 Å². The molecule has 2 heterocycles. The number of aromatic nitrogens is 5. The quantitative estimate of drug-likeness (QED) is 0.702. The van der Waals surface area contributed by atoms with E-state index in [0.29, 0.717) is 6.04 Å². The highest BCUT2D eigenvalue weighted by Crippen LogP contribution is 2.13. The predicted octanol–water partition coefficient (Wildman–Crippen LogP) is 2.68. The molecule has 0 saturated heterocycles. The van der Waals surface area contributed by atoms with Crippen molar-refractivity contribution in [2.75, 3.05) is 7.05 Å². The van der Waals surface area contributed by atoms with Crippen LogP contribution in [0.1, 0.15) is 31.3 Å². The van der Waals surface area contributed by atoms with E-state index in [4.69, 9.17) is 0 Å². The Kier molecular flexibility index (Phi) is 4.52. The number of rotatable bonds is 6. The van der Waals surface area contributed by atoms with E-state index < -0.39 is 0 Å². The lowest BCUT2D eigenvalue weighted by atomic mass is 10.2. The molecular formula is C17H22N6. The molecule has 3 rings (SSSR count). The van der Waals surface area contributed by atoms with E-state index in [1.165, 1.54) is 5.56 Å². The Bertz CT molecular complexity index is 744. The Hall–Kier alpha value is -2.47. The molecule has 0 amide bonds. The summed E-state index contributed by atoms with van der Waals surface area (Å²) in [5.74, 6) is 0.991. The van der Waals surface area contributed by atoms with E-state index in [9.17, 15) is 0 Å². The van der Waals surface area contributed by atoms with Crippen LogP contribution in [0.5, 0.6) is 0 Å². The van der Waals surface area contributed by atoms with Crippen molar-refractivity contribution in [3.8, 4) is 5.69 Å². The van der Waals surface area contributed by atoms with Crippen LogP contribution in [0.4, 0.5) is 0 Å². The molecule has 0 bridgehead atoms. The van der Waals surface area contributed by atoms with Crippen molar-refractivity contribution in [2.24, 2.45) is 0 Å². The minimum atomic E-state index is 0.372. The first-order chi connectivity index (χ1) is 11.1. The van der Waals surface area contributed by atoms with Crippen molar-refractivity contribution in [3.63, 3.8) is 0 Å². The Morgan fingerprint density at radius 2 is 2.04 bits per heavy atom. The second-order valence-electron chi connectivity index (χ2n) is 6.04. The van der Waals surface area contributed by atoms with E-state index in [1.807, 2.05) is 16.9 Å². The van der Waals surface area contributed by atoms with Crippen LogP contribution in [0, 0.1) is 0 Å². The van der Waals surface area contributed by atoms with Gasteiger partial charge in [-0.3, -0.25) is 4.90 Å². The van der Waals surface area contributed by atoms with Gasteiger partial charge in [0.15, 0.2) is 0 Å². The summed E-state index contributed by atoms with van der Waals surface area (Å²) in [6.45, 7) is 5.89. The summed E-state index contributed by atoms with van der Waals surface area (Å²) in [6, 6.07) is 10.7. The SMILES string of the molecule is CC(C)n1cnnc1CN(C)Cc1cccc(-n2cccn2)c1. The molecule has 0 aliphatic carbocycles. The van der Waals surface area contributed by atoms with Gasteiger partial charge in [-0.05, 0) is 44.7 Å². The van der Waals surface area contributed by atoms with Crippen LogP contribution < -0.4 is 0 Å². The summed E-state index contributed by atoms with van der Waals surface area (Å²) in [7, 11) is 2.10. The topological polar surface area (TPSA) is 51.8 Å². The first kappa shape index (κ1) is 15.4. The maximum Gasteiger partial charge on any atom is 0.147 e. The first-order valence-electron chi connectivity index (χ1n) is 7.79. The fourth-order valence-corrected chi connectivity index (χ4v) is 2.64. The fraction of sp³-hybridized carbons (Fsp3) is 0.353. The third-order valence-corrected chi connectivity index (χ3v) is 3.75. The van der Waals surface area contributed by atoms with Crippen molar-refractivity contribution >= 4 is 0 Å². The number of hydrogen-bond acceptors (Lipinski definition) is 4. The highest BCUT2D eigenvalue weighted by Gasteiger charge is 2.10. The van der Waals surface area contributed by atoms with E-state index in [1.54, 1.807) is 12.5 Å². The van der Waals surface area contributed by atoms with Crippen molar-refractivity contribution in [1.82, 2.24) is 29.4 Å². The lowest BCUT2D eigenvalue weighted by Gasteiger charge is -2.18. The summed E-state index contributed by atoms with van der Waals surface area (Å²) in [5.41, 5.74) is 2.32. The Morgan fingerprint density at radius 1 is 1.17 bits per heavy atom. The van der Waals surface area contributed by atoms with Gasteiger partial charge < -0.3 is 4.57 Å². The zero-order valence-corrected chi connectivity index (χ0v) is 13.8. The van der Waals surface area contributed by atoms with Crippen LogP contribution in [-0.2, 0) is 13.1 Å². The van der Waals surface area contributed by atoms with Gasteiger partial charge in [-0.1, -0.05) is 12.1 Å². The maximum absolute atomic E-state index is 4.28. The third kappa shape index (κ3) is 3.65. The summed E-state index contributed by atoms with van der Waals surface area (Å²) in [6.07, 6.45) is 5.54. The van der Waals surface area contributed by atoms with E-state index >= 15 is 0 Å². The van der Waals surface area contributed by atoms with Crippen LogP contribution in [0.25, 0.3) is 5.69 Å². The average Bonchev–Trinajstić information content (AvgIpc) is 3.18. The smallest absolute Gasteiger partial charge is 0.147 e. The van der Waals surface area contributed by atoms with Crippen LogP contribution in [0.2, 0.25) is 0 Å². The van der Waals surface area contributed by atoms with Crippen molar-refractivity contribution < 1.29 is 0 Å². The van der Waals surface area contributed by atoms with Gasteiger partial charge in [0.25, 0.3) is 0 Å². The van der Waals surface area contributed by atoms with E-state index in [-0.39, 0.29) is 0 Å². The number of hydrogen-bond donors (Lipinski definition) is 0. The van der Waals surface area contributed by atoms with Crippen LogP contribution in [-0.4, -0.2) is 36.5 Å². The maximum atomic E-state index is 4.28. The predicted molar refractivity (Wildman–Crippen MR) is 89.1 cm³/mol. The standard InChI is InChI=1S/C17H22N6/c1-14(2)22-13-18-20-17(22)12-21(3)11-15-6-4-7-16(10-15)23-9-5-8-19-23/h4-10,13-14H,11-12H2,1-3H3. The highest BCUT2D eigenvalue weighted by atomic mass is 15.3. The molecule has 0 aliphatic heterocycles.